The number of halogens is 3. The van der Waals surface area contributed by atoms with Gasteiger partial charge in [0.1, 0.15) is 5.75 Å². The first-order valence-corrected chi connectivity index (χ1v) is 8.12. The predicted octanol–water partition coefficient (Wildman–Crippen LogP) is 4.64. The Morgan fingerprint density at radius 3 is 2.50 bits per heavy atom. The molecule has 0 radical (unpaired) electrons. The number of carbonyl (C=O) groups excluding carboxylic acids is 1. The zero-order valence-corrected chi connectivity index (χ0v) is 15.3. The highest BCUT2D eigenvalue weighted by Crippen LogP contribution is 2.32. The van der Waals surface area contributed by atoms with Gasteiger partial charge in [-0.2, -0.15) is 5.10 Å². The van der Waals surface area contributed by atoms with Crippen LogP contribution in [-0.2, 0) is 0 Å². The Morgan fingerprint density at radius 2 is 1.91 bits per heavy atom. The first-order valence-electron chi connectivity index (χ1n) is 6.16. The molecule has 0 spiro atoms. The van der Waals surface area contributed by atoms with E-state index in [4.69, 9.17) is 11.6 Å². The largest absolute Gasteiger partial charge is 0.506 e. The number of aryl methyl sites for hydroxylation is 1. The molecule has 114 valence electrons. The Bertz CT molecular complexity index is 740. The molecule has 22 heavy (non-hydrogen) atoms. The van der Waals surface area contributed by atoms with Crippen LogP contribution in [0.15, 0.2) is 44.4 Å². The van der Waals surface area contributed by atoms with E-state index in [0.29, 0.717) is 25.1 Å². The van der Waals surface area contributed by atoms with Crippen molar-refractivity contribution in [2.24, 2.45) is 5.10 Å². The van der Waals surface area contributed by atoms with Crippen molar-refractivity contribution in [2.75, 3.05) is 0 Å². The smallest absolute Gasteiger partial charge is 0.272 e. The van der Waals surface area contributed by atoms with E-state index in [0.717, 1.165) is 5.56 Å². The van der Waals surface area contributed by atoms with Crippen LogP contribution >= 0.6 is 43.5 Å². The second kappa shape index (κ2) is 7.26. The number of benzene rings is 2. The van der Waals surface area contributed by atoms with Gasteiger partial charge in [-0.3, -0.25) is 4.79 Å². The van der Waals surface area contributed by atoms with Gasteiger partial charge in [0.15, 0.2) is 0 Å². The summed E-state index contributed by atoms with van der Waals surface area (Å²) in [6.45, 7) is 1.90. The predicted molar refractivity (Wildman–Crippen MR) is 94.8 cm³/mol. The van der Waals surface area contributed by atoms with E-state index >= 15 is 0 Å². The molecular formula is C15H11Br2ClN2O2. The Balaban J connectivity index is 2.10. The number of nitrogens with one attached hydrogen (secondary N) is 1. The molecule has 1 amide bonds. The fourth-order valence-corrected chi connectivity index (χ4v) is 3.23. The van der Waals surface area contributed by atoms with Crippen molar-refractivity contribution in [3.05, 3.63) is 61.0 Å². The summed E-state index contributed by atoms with van der Waals surface area (Å²) in [5.41, 5.74) is 4.45. The van der Waals surface area contributed by atoms with Crippen LogP contribution in [0.4, 0.5) is 0 Å². The van der Waals surface area contributed by atoms with Gasteiger partial charge >= 0.3 is 0 Å². The maximum Gasteiger partial charge on any atom is 0.272 e. The van der Waals surface area contributed by atoms with E-state index in [1.54, 1.807) is 30.3 Å². The van der Waals surface area contributed by atoms with E-state index < -0.39 is 5.91 Å². The van der Waals surface area contributed by atoms with Crippen LogP contribution in [0.1, 0.15) is 21.5 Å². The Morgan fingerprint density at radius 1 is 1.27 bits per heavy atom. The highest BCUT2D eigenvalue weighted by molar-refractivity contribution is 9.11. The molecule has 0 saturated heterocycles. The maximum atomic E-state index is 12.0. The topological polar surface area (TPSA) is 61.7 Å². The molecule has 0 unspecified atom stereocenters. The molecule has 0 aromatic heterocycles. The molecule has 0 aliphatic carbocycles. The molecule has 0 fully saturated rings. The second-order valence-electron chi connectivity index (χ2n) is 4.52. The number of phenolic OH excluding ortho intramolecular Hbond substituents is 1. The summed E-state index contributed by atoms with van der Waals surface area (Å²) >= 11 is 12.5. The molecule has 2 N–H and O–H groups in total. The highest BCUT2D eigenvalue weighted by atomic mass is 79.9. The lowest BCUT2D eigenvalue weighted by Gasteiger charge is -2.04. The first-order chi connectivity index (χ1) is 10.4. The number of hydrogen-bond donors (Lipinski definition) is 2. The van der Waals surface area contributed by atoms with Gasteiger partial charge in [0.05, 0.1) is 25.7 Å². The van der Waals surface area contributed by atoms with E-state index in [9.17, 15) is 9.90 Å². The minimum atomic E-state index is -0.391. The van der Waals surface area contributed by atoms with E-state index in [-0.39, 0.29) is 5.75 Å². The average molecular weight is 447 g/mol. The van der Waals surface area contributed by atoms with Gasteiger partial charge in [0.25, 0.3) is 5.91 Å². The van der Waals surface area contributed by atoms with E-state index in [1.807, 2.05) is 6.92 Å². The van der Waals surface area contributed by atoms with Crippen molar-refractivity contribution in [1.82, 2.24) is 5.43 Å². The number of hydrogen-bond acceptors (Lipinski definition) is 3. The monoisotopic (exact) mass is 444 g/mol. The third kappa shape index (κ3) is 4.09. The lowest BCUT2D eigenvalue weighted by molar-refractivity contribution is 0.0955. The number of carbonyl (C=O) groups is 1. The average Bonchev–Trinajstić information content (AvgIpc) is 2.44. The molecule has 0 atom stereocenters. The van der Waals surface area contributed by atoms with Gasteiger partial charge in [-0.15, -0.1) is 0 Å². The summed E-state index contributed by atoms with van der Waals surface area (Å²) in [6.07, 6.45) is 1.47. The quantitative estimate of drug-likeness (QED) is 0.533. The van der Waals surface area contributed by atoms with Crippen molar-refractivity contribution < 1.29 is 9.90 Å². The van der Waals surface area contributed by atoms with Crippen LogP contribution in [0, 0.1) is 6.92 Å². The van der Waals surface area contributed by atoms with E-state index in [2.05, 4.69) is 42.4 Å². The van der Waals surface area contributed by atoms with Crippen LogP contribution in [-0.4, -0.2) is 17.2 Å². The van der Waals surface area contributed by atoms with Crippen molar-refractivity contribution in [1.29, 1.82) is 0 Å². The molecule has 2 aromatic carbocycles. The number of phenols is 1. The molecule has 7 heteroatoms. The zero-order chi connectivity index (χ0) is 16.3. The van der Waals surface area contributed by atoms with Crippen molar-refractivity contribution in [3.63, 3.8) is 0 Å². The number of nitrogens with zero attached hydrogens (tertiary/aromatic N) is 1. The normalized spacial score (nSPS) is 10.9. The molecule has 0 bridgehead atoms. The SMILES string of the molecule is Cc1ccc(C(=O)N/N=C\c2cc(Br)c(O)c(Br)c2)c(Cl)c1. The van der Waals surface area contributed by atoms with Crippen molar-refractivity contribution in [2.45, 2.75) is 6.92 Å². The van der Waals surface area contributed by atoms with Crippen LogP contribution in [0.25, 0.3) is 0 Å². The fraction of sp³-hybridized carbons (Fsp3) is 0.0667. The van der Waals surface area contributed by atoms with Gasteiger partial charge in [-0.25, -0.2) is 5.43 Å². The van der Waals surface area contributed by atoms with Gasteiger partial charge < -0.3 is 5.11 Å². The van der Waals surface area contributed by atoms with Gasteiger partial charge in [-0.1, -0.05) is 17.7 Å². The minimum Gasteiger partial charge on any atom is -0.506 e. The summed E-state index contributed by atoms with van der Waals surface area (Å²) in [6, 6.07) is 8.52. The molecule has 0 aliphatic rings. The highest BCUT2D eigenvalue weighted by Gasteiger charge is 2.09. The van der Waals surface area contributed by atoms with Crippen molar-refractivity contribution in [3.8, 4) is 5.75 Å². The number of hydrazone groups is 1. The third-order valence-electron chi connectivity index (χ3n) is 2.79. The summed E-state index contributed by atoms with van der Waals surface area (Å²) in [5, 5.41) is 13.9. The Labute approximate surface area is 149 Å². The van der Waals surface area contributed by atoms with Crippen molar-refractivity contribution >= 4 is 55.6 Å². The third-order valence-corrected chi connectivity index (χ3v) is 4.31. The molecule has 2 rings (SSSR count). The fourth-order valence-electron chi connectivity index (χ4n) is 1.69. The molecule has 0 saturated carbocycles. The summed E-state index contributed by atoms with van der Waals surface area (Å²) in [4.78, 5) is 12.0. The molecule has 2 aromatic rings. The number of rotatable bonds is 3. The standard InChI is InChI=1S/C15H11Br2ClN2O2/c1-8-2-3-10(13(18)4-8)15(22)20-19-7-9-5-11(16)14(21)12(17)6-9/h2-7,21H,1H3,(H,20,22)/b19-7-. The molecule has 0 heterocycles. The Kier molecular flexibility index (Phi) is 5.61. The molecular weight excluding hydrogens is 435 g/mol. The Hall–Kier alpha value is -1.37. The number of amides is 1. The van der Waals surface area contributed by atoms with Crippen LogP contribution < -0.4 is 5.43 Å². The number of aromatic hydroxyl groups is 1. The molecule has 0 aliphatic heterocycles. The van der Waals surface area contributed by atoms with Gasteiger partial charge in [0.2, 0.25) is 0 Å². The summed E-state index contributed by atoms with van der Waals surface area (Å²) in [5.74, 6) is -0.286. The summed E-state index contributed by atoms with van der Waals surface area (Å²) < 4.78 is 1.05. The lowest BCUT2D eigenvalue weighted by Crippen LogP contribution is -2.18. The van der Waals surface area contributed by atoms with Gasteiger partial charge in [-0.05, 0) is 74.2 Å². The minimum absolute atomic E-state index is 0.104. The van der Waals surface area contributed by atoms with Crippen LogP contribution in [0.5, 0.6) is 5.75 Å². The van der Waals surface area contributed by atoms with Gasteiger partial charge in [0, 0.05) is 0 Å². The van der Waals surface area contributed by atoms with Crippen LogP contribution in [0.3, 0.4) is 0 Å². The van der Waals surface area contributed by atoms with E-state index in [1.165, 1.54) is 6.21 Å². The zero-order valence-electron chi connectivity index (χ0n) is 11.4. The first kappa shape index (κ1) is 17.0. The summed E-state index contributed by atoms with van der Waals surface area (Å²) in [7, 11) is 0. The van der Waals surface area contributed by atoms with Crippen LogP contribution in [0.2, 0.25) is 5.02 Å². The molecule has 4 nitrogen and oxygen atoms in total. The maximum absolute atomic E-state index is 12.0. The lowest BCUT2D eigenvalue weighted by atomic mass is 10.1. The second-order valence-corrected chi connectivity index (χ2v) is 6.63.